The van der Waals surface area contributed by atoms with E-state index in [0.717, 1.165) is 37.4 Å². The molecule has 0 saturated heterocycles. The Morgan fingerprint density at radius 3 is 2.08 bits per heavy atom. The number of rotatable bonds is 0. The van der Waals surface area contributed by atoms with Crippen molar-refractivity contribution in [3.05, 3.63) is 0 Å². The van der Waals surface area contributed by atoms with Crippen molar-refractivity contribution >= 4 is 5.78 Å². The van der Waals surface area contributed by atoms with E-state index in [0.29, 0.717) is 5.41 Å². The van der Waals surface area contributed by atoms with E-state index in [1.807, 2.05) is 0 Å². The Kier molecular flexibility index (Phi) is 2.76. The highest BCUT2D eigenvalue weighted by Gasteiger charge is 2.32. The van der Waals surface area contributed by atoms with Gasteiger partial charge in [0.15, 0.2) is 0 Å². The van der Waals surface area contributed by atoms with E-state index in [2.05, 4.69) is 25.3 Å². The van der Waals surface area contributed by atoms with E-state index in [9.17, 15) is 0 Å². The van der Waals surface area contributed by atoms with Crippen molar-refractivity contribution in [1.29, 1.82) is 0 Å². The first-order chi connectivity index (χ1) is 5.54. The summed E-state index contributed by atoms with van der Waals surface area (Å²) in [6, 6.07) is 0. The van der Waals surface area contributed by atoms with E-state index >= 15 is 0 Å². The van der Waals surface area contributed by atoms with Crippen LogP contribution in [0.3, 0.4) is 0 Å². The molecule has 0 aromatic heterocycles. The molecule has 0 aromatic rings. The fourth-order valence-electron chi connectivity index (χ4n) is 1.90. The average molecular weight is 171 g/mol. The Morgan fingerprint density at radius 1 is 1.25 bits per heavy atom. The summed E-state index contributed by atoms with van der Waals surface area (Å²) < 4.78 is 4.27. The highest BCUT2D eigenvalue weighted by atomic mass is 17.1. The van der Waals surface area contributed by atoms with Gasteiger partial charge in [0.1, 0.15) is 0 Å². The van der Waals surface area contributed by atoms with Gasteiger partial charge in [0.2, 0.25) is 0 Å². The summed E-state index contributed by atoms with van der Waals surface area (Å²) in [6.45, 7) is 6.84. The second-order valence-corrected chi connectivity index (χ2v) is 4.77. The summed E-state index contributed by atoms with van der Waals surface area (Å²) in [5, 5.41) is 8.44. The number of hydrogen-bond donors (Lipinski definition) is 1. The van der Waals surface area contributed by atoms with Crippen molar-refractivity contribution in [2.75, 3.05) is 0 Å². The lowest BCUT2D eigenvalue weighted by atomic mass is 9.72. The van der Waals surface area contributed by atoms with E-state index in [-0.39, 0.29) is 0 Å². The Balaban J connectivity index is 2.47. The van der Waals surface area contributed by atoms with Crippen LogP contribution in [0.5, 0.6) is 0 Å². The molecule has 0 unspecified atom stereocenters. The molecule has 0 aliphatic heterocycles. The molecule has 0 amide bonds. The molecule has 0 bridgehead atoms. The molecule has 1 saturated carbocycles. The topological polar surface area (TPSA) is 31.5 Å². The fourth-order valence-corrected chi connectivity index (χ4v) is 1.90. The third-order valence-electron chi connectivity index (χ3n) is 2.90. The summed E-state index contributed by atoms with van der Waals surface area (Å²) in [5.74, 6) is 1.63. The minimum Gasteiger partial charge on any atom is -0.152 e. The molecule has 1 fully saturated rings. The second kappa shape index (κ2) is 3.46. The largest absolute Gasteiger partial charge is 0.385 e. The molecule has 0 heterocycles. The molecule has 0 aromatic carbocycles. The average Bonchev–Trinajstić information content (AvgIpc) is 2.03. The fraction of sp³-hybridized carbons (Fsp3) is 0.900. The highest BCUT2D eigenvalue weighted by Crippen LogP contribution is 2.36. The molecule has 0 spiro atoms. The van der Waals surface area contributed by atoms with Crippen molar-refractivity contribution in [2.24, 2.45) is 11.3 Å². The lowest BCUT2D eigenvalue weighted by Crippen LogP contribution is -2.26. The van der Waals surface area contributed by atoms with Crippen LogP contribution in [0, 0.1) is 11.3 Å². The van der Waals surface area contributed by atoms with E-state index < -0.39 is 0 Å². The van der Waals surface area contributed by atoms with Crippen LogP contribution in [0.15, 0.2) is 0 Å². The predicted molar refractivity (Wildman–Crippen MR) is 49.0 cm³/mol. The normalized spacial score (nSPS) is 25.6. The monoisotopic (exact) mass is 171 g/mol. The number of hydrogen-bond acceptors (Lipinski definition) is 1. The smallest absolute Gasteiger partial charge is 0.152 e. The van der Waals surface area contributed by atoms with Crippen LogP contribution < -0.4 is 0 Å². The zero-order chi connectivity index (χ0) is 9.19. The molecule has 1 rings (SSSR count). The van der Waals surface area contributed by atoms with Crippen LogP contribution in [-0.4, -0.2) is 11.0 Å². The lowest BCUT2D eigenvalue weighted by molar-refractivity contribution is -0.739. The molecular formula is C10H19O2+. The van der Waals surface area contributed by atoms with Gasteiger partial charge in [-0.3, -0.25) is 0 Å². The van der Waals surface area contributed by atoms with Crippen molar-refractivity contribution in [3.63, 3.8) is 0 Å². The zero-order valence-electron chi connectivity index (χ0n) is 8.26. The molecule has 0 atom stereocenters. The van der Waals surface area contributed by atoms with Gasteiger partial charge in [0.05, 0.1) is 12.8 Å². The summed E-state index contributed by atoms with van der Waals surface area (Å²) in [7, 11) is 0. The molecule has 12 heavy (non-hydrogen) atoms. The van der Waals surface area contributed by atoms with Gasteiger partial charge in [-0.25, -0.2) is 0 Å². The molecule has 2 nitrogen and oxygen atoms in total. The predicted octanol–water partition coefficient (Wildman–Crippen LogP) is 2.80. The third kappa shape index (κ3) is 2.23. The van der Waals surface area contributed by atoms with Crippen LogP contribution in [0.2, 0.25) is 0 Å². The van der Waals surface area contributed by atoms with Crippen molar-refractivity contribution in [1.82, 2.24) is 0 Å². The molecule has 2 heteroatoms. The molecule has 1 aliphatic carbocycles. The molecule has 1 aliphatic rings. The number of ketones is 1. The minimum absolute atomic E-state index is 0.404. The SMILES string of the molecule is CC(C)(C)C1CCC(=[O+]O)CC1. The van der Waals surface area contributed by atoms with Crippen molar-refractivity contribution < 1.29 is 9.83 Å². The van der Waals surface area contributed by atoms with Crippen LogP contribution >= 0.6 is 0 Å². The summed E-state index contributed by atoms with van der Waals surface area (Å²) >= 11 is 0. The quantitative estimate of drug-likeness (QED) is 0.339. The van der Waals surface area contributed by atoms with Gasteiger partial charge >= 0.3 is 5.78 Å². The van der Waals surface area contributed by atoms with Crippen LogP contribution in [-0.2, 0) is 4.58 Å². The van der Waals surface area contributed by atoms with Gasteiger partial charge in [-0.1, -0.05) is 20.8 Å². The minimum atomic E-state index is 0.404. The summed E-state index contributed by atoms with van der Waals surface area (Å²) in [4.78, 5) is 0. The molecule has 70 valence electrons. The third-order valence-corrected chi connectivity index (χ3v) is 2.90. The second-order valence-electron chi connectivity index (χ2n) is 4.77. The van der Waals surface area contributed by atoms with Crippen molar-refractivity contribution in [2.45, 2.75) is 46.5 Å². The van der Waals surface area contributed by atoms with Gasteiger partial charge < -0.3 is 0 Å². The maximum Gasteiger partial charge on any atom is 0.385 e. The lowest BCUT2D eigenvalue weighted by Gasteiger charge is -2.31. The maximum absolute atomic E-state index is 8.44. The first-order valence-electron chi connectivity index (χ1n) is 4.70. The van der Waals surface area contributed by atoms with E-state index in [4.69, 9.17) is 5.26 Å². The van der Waals surface area contributed by atoms with E-state index in [1.54, 1.807) is 0 Å². The molecule has 0 radical (unpaired) electrons. The van der Waals surface area contributed by atoms with Crippen LogP contribution in [0.25, 0.3) is 0 Å². The van der Waals surface area contributed by atoms with Gasteiger partial charge in [-0.05, 0) is 24.2 Å². The molecule has 1 N–H and O–H groups in total. The Hall–Kier alpha value is -0.530. The Morgan fingerprint density at radius 2 is 1.75 bits per heavy atom. The van der Waals surface area contributed by atoms with Gasteiger partial charge in [0, 0.05) is 4.58 Å². The molecular weight excluding hydrogens is 152 g/mol. The Bertz CT molecular complexity index is 167. The van der Waals surface area contributed by atoms with Crippen LogP contribution in [0.1, 0.15) is 46.5 Å². The summed E-state index contributed by atoms with van der Waals surface area (Å²) in [5.41, 5.74) is 0.404. The van der Waals surface area contributed by atoms with Gasteiger partial charge in [0.25, 0.3) is 0 Å². The van der Waals surface area contributed by atoms with Crippen LogP contribution in [0.4, 0.5) is 0 Å². The van der Waals surface area contributed by atoms with E-state index in [1.165, 1.54) is 0 Å². The Labute approximate surface area is 74.2 Å². The standard InChI is InChI=1S/C10H19O2/c1-10(2,3)8-4-6-9(12-11)7-5-8/h8,11H,4-7H2,1-3H3/q+1. The zero-order valence-corrected chi connectivity index (χ0v) is 8.26. The number of carbonyl (C=O) groups excluding carboxylic acids is 1. The van der Waals surface area contributed by atoms with Gasteiger partial charge in [-0.15, -0.1) is 0 Å². The first kappa shape index (κ1) is 9.56. The maximum atomic E-state index is 8.44. The van der Waals surface area contributed by atoms with Crippen molar-refractivity contribution in [3.8, 4) is 0 Å². The first-order valence-corrected chi connectivity index (χ1v) is 4.70. The van der Waals surface area contributed by atoms with Gasteiger partial charge in [-0.2, -0.15) is 5.26 Å². The highest BCUT2D eigenvalue weighted by molar-refractivity contribution is 5.79. The summed E-state index contributed by atoms with van der Waals surface area (Å²) in [6.07, 6.45) is 4.16.